The van der Waals surface area contributed by atoms with Crippen LogP contribution in [0, 0.1) is 0 Å². The predicted molar refractivity (Wildman–Crippen MR) is 88.0 cm³/mol. The van der Waals surface area contributed by atoms with Crippen molar-refractivity contribution >= 4 is 21.7 Å². The Morgan fingerprint density at radius 3 is 2.39 bits per heavy atom. The molecule has 0 aliphatic rings. The Morgan fingerprint density at radius 2 is 1.83 bits per heavy atom. The molecule has 0 fully saturated rings. The van der Waals surface area contributed by atoms with Gasteiger partial charge in [0, 0.05) is 6.54 Å². The Kier molecular flexibility index (Phi) is 7.74. The van der Waals surface area contributed by atoms with Crippen LogP contribution < -0.4 is 5.32 Å². The van der Waals surface area contributed by atoms with Crippen molar-refractivity contribution < 1.29 is 23.1 Å². The Hall–Kier alpha value is -1.89. The molecule has 1 rings (SSSR count). The lowest BCUT2D eigenvalue weighted by atomic mass is 9.99. The van der Waals surface area contributed by atoms with Crippen molar-refractivity contribution in [3.8, 4) is 0 Å². The van der Waals surface area contributed by atoms with E-state index in [4.69, 9.17) is 0 Å². The number of carboxylic acids is 1. The first kappa shape index (κ1) is 19.2. The molecule has 128 valence electrons. The van der Waals surface area contributed by atoms with Gasteiger partial charge in [0.2, 0.25) is 5.91 Å². The molecule has 0 radical (unpaired) electrons. The third-order valence-corrected chi connectivity index (χ3v) is 5.03. The van der Waals surface area contributed by atoms with Gasteiger partial charge in [-0.3, -0.25) is 9.59 Å². The number of amides is 1. The smallest absolute Gasteiger partial charge is 0.312 e. The minimum Gasteiger partial charge on any atom is -0.481 e. The Bertz CT molecular complexity index is 613. The fourth-order valence-corrected chi connectivity index (χ4v) is 3.43. The number of nitrogens with one attached hydrogen (secondary N) is 1. The number of carbonyl (C=O) groups is 2. The second-order valence-electron chi connectivity index (χ2n) is 5.40. The Morgan fingerprint density at radius 1 is 1.17 bits per heavy atom. The normalized spacial score (nSPS) is 12.6. The van der Waals surface area contributed by atoms with Gasteiger partial charge < -0.3 is 10.4 Å². The van der Waals surface area contributed by atoms with E-state index in [1.807, 2.05) is 6.92 Å². The summed E-state index contributed by atoms with van der Waals surface area (Å²) in [6, 6.07) is 8.51. The average Bonchev–Trinajstić information content (AvgIpc) is 2.47. The minimum absolute atomic E-state index is 0.0185. The van der Waals surface area contributed by atoms with Crippen LogP contribution in [0.15, 0.2) is 30.3 Å². The van der Waals surface area contributed by atoms with Gasteiger partial charge in [0.15, 0.2) is 9.84 Å². The number of unbranched alkanes of at least 4 members (excludes halogenated alkanes) is 2. The summed E-state index contributed by atoms with van der Waals surface area (Å²) >= 11 is 0. The lowest BCUT2D eigenvalue weighted by Gasteiger charge is -2.14. The van der Waals surface area contributed by atoms with Gasteiger partial charge >= 0.3 is 5.97 Å². The highest BCUT2D eigenvalue weighted by Crippen LogP contribution is 2.14. The van der Waals surface area contributed by atoms with E-state index in [9.17, 15) is 23.1 Å². The van der Waals surface area contributed by atoms with Crippen molar-refractivity contribution in [3.63, 3.8) is 0 Å². The SMILES string of the molecule is CCCCCS(=O)(=O)CC(=O)NCC(C(=O)O)c1ccccc1. The molecule has 0 aliphatic heterocycles. The molecule has 0 aromatic heterocycles. The zero-order valence-electron chi connectivity index (χ0n) is 13.2. The van der Waals surface area contributed by atoms with Crippen LogP contribution in [0.2, 0.25) is 0 Å². The number of rotatable bonds is 10. The van der Waals surface area contributed by atoms with Crippen LogP contribution in [0.25, 0.3) is 0 Å². The van der Waals surface area contributed by atoms with Crippen molar-refractivity contribution in [1.29, 1.82) is 0 Å². The number of sulfone groups is 1. The maximum atomic E-state index is 11.8. The van der Waals surface area contributed by atoms with Crippen LogP contribution in [-0.2, 0) is 19.4 Å². The minimum atomic E-state index is -3.45. The van der Waals surface area contributed by atoms with Crippen molar-refractivity contribution in [2.75, 3.05) is 18.1 Å². The molecule has 6 nitrogen and oxygen atoms in total. The molecule has 1 unspecified atom stereocenters. The molecular weight excluding hydrogens is 318 g/mol. The van der Waals surface area contributed by atoms with Gasteiger partial charge in [-0.05, 0) is 12.0 Å². The summed E-state index contributed by atoms with van der Waals surface area (Å²) in [6.45, 7) is 1.83. The Labute approximate surface area is 136 Å². The summed E-state index contributed by atoms with van der Waals surface area (Å²) in [5, 5.41) is 11.7. The molecule has 0 saturated heterocycles. The topological polar surface area (TPSA) is 101 Å². The Balaban J connectivity index is 2.55. The first-order valence-electron chi connectivity index (χ1n) is 7.60. The standard InChI is InChI=1S/C16H23NO5S/c1-2-3-7-10-23(21,22)12-15(18)17-11-14(16(19)20)13-8-5-4-6-9-13/h4-6,8-9,14H,2-3,7,10-12H2,1H3,(H,17,18)(H,19,20). The highest BCUT2D eigenvalue weighted by molar-refractivity contribution is 7.92. The maximum Gasteiger partial charge on any atom is 0.312 e. The van der Waals surface area contributed by atoms with Gasteiger partial charge in [0.05, 0.1) is 11.7 Å². The molecule has 0 aliphatic carbocycles. The van der Waals surface area contributed by atoms with E-state index in [1.165, 1.54) is 0 Å². The van der Waals surface area contributed by atoms with Gasteiger partial charge in [-0.1, -0.05) is 50.1 Å². The maximum absolute atomic E-state index is 11.8. The molecule has 1 atom stereocenters. The molecule has 1 amide bonds. The number of benzene rings is 1. The van der Waals surface area contributed by atoms with Crippen LogP contribution in [0.1, 0.15) is 37.7 Å². The molecule has 0 saturated carbocycles. The zero-order valence-corrected chi connectivity index (χ0v) is 14.0. The predicted octanol–water partition coefficient (Wildman–Crippen LogP) is 1.58. The second kappa shape index (κ2) is 9.29. The van der Waals surface area contributed by atoms with E-state index in [0.29, 0.717) is 12.0 Å². The summed E-state index contributed by atoms with van der Waals surface area (Å²) in [5.41, 5.74) is 0.561. The van der Waals surface area contributed by atoms with Crippen LogP contribution in [0.4, 0.5) is 0 Å². The van der Waals surface area contributed by atoms with Crippen LogP contribution in [-0.4, -0.2) is 43.5 Å². The monoisotopic (exact) mass is 341 g/mol. The number of aliphatic carboxylic acids is 1. The largest absolute Gasteiger partial charge is 0.481 e. The molecular formula is C16H23NO5S. The first-order chi connectivity index (χ1) is 10.9. The summed E-state index contributed by atoms with van der Waals surface area (Å²) in [6.07, 6.45) is 2.24. The van der Waals surface area contributed by atoms with E-state index in [1.54, 1.807) is 30.3 Å². The molecule has 7 heteroatoms. The number of hydrogen-bond acceptors (Lipinski definition) is 4. The van der Waals surface area contributed by atoms with Gasteiger partial charge in [-0.15, -0.1) is 0 Å². The van der Waals surface area contributed by atoms with Crippen LogP contribution in [0.5, 0.6) is 0 Å². The summed E-state index contributed by atoms with van der Waals surface area (Å²) in [4.78, 5) is 23.1. The quantitative estimate of drug-likeness (QED) is 0.629. The van der Waals surface area contributed by atoms with E-state index < -0.39 is 33.4 Å². The lowest BCUT2D eigenvalue weighted by molar-refractivity contribution is -0.138. The molecule has 1 aromatic rings. The fourth-order valence-electron chi connectivity index (χ4n) is 2.14. The number of hydrogen-bond donors (Lipinski definition) is 2. The van der Waals surface area contributed by atoms with E-state index in [-0.39, 0.29) is 12.3 Å². The first-order valence-corrected chi connectivity index (χ1v) is 9.42. The lowest BCUT2D eigenvalue weighted by Crippen LogP contribution is -2.36. The van der Waals surface area contributed by atoms with Gasteiger partial charge in [-0.2, -0.15) is 0 Å². The molecule has 1 aromatic carbocycles. The van der Waals surface area contributed by atoms with Crippen molar-refractivity contribution in [2.24, 2.45) is 0 Å². The summed E-state index contributed by atoms with van der Waals surface area (Å²) in [5.74, 6) is -3.25. The third kappa shape index (κ3) is 7.27. The molecule has 2 N–H and O–H groups in total. The van der Waals surface area contributed by atoms with E-state index >= 15 is 0 Å². The number of carbonyl (C=O) groups excluding carboxylic acids is 1. The van der Waals surface area contributed by atoms with Gasteiger partial charge in [0.25, 0.3) is 0 Å². The summed E-state index contributed by atoms with van der Waals surface area (Å²) < 4.78 is 23.6. The van der Waals surface area contributed by atoms with Gasteiger partial charge in [-0.25, -0.2) is 8.42 Å². The van der Waals surface area contributed by atoms with Crippen LogP contribution in [0.3, 0.4) is 0 Å². The van der Waals surface area contributed by atoms with E-state index in [2.05, 4.69) is 5.32 Å². The van der Waals surface area contributed by atoms with Crippen molar-refractivity contribution in [3.05, 3.63) is 35.9 Å². The molecule has 0 bridgehead atoms. The van der Waals surface area contributed by atoms with Crippen LogP contribution >= 0.6 is 0 Å². The van der Waals surface area contributed by atoms with E-state index in [0.717, 1.165) is 12.8 Å². The third-order valence-electron chi connectivity index (χ3n) is 3.41. The fraction of sp³-hybridized carbons (Fsp3) is 0.500. The highest BCUT2D eigenvalue weighted by atomic mass is 32.2. The number of carboxylic acid groups (broad SMARTS) is 1. The van der Waals surface area contributed by atoms with Gasteiger partial charge in [0.1, 0.15) is 5.75 Å². The zero-order chi connectivity index (χ0) is 17.3. The summed E-state index contributed by atoms with van der Waals surface area (Å²) in [7, 11) is -3.45. The molecule has 23 heavy (non-hydrogen) atoms. The molecule has 0 heterocycles. The van der Waals surface area contributed by atoms with Crippen molar-refractivity contribution in [2.45, 2.75) is 32.1 Å². The highest BCUT2D eigenvalue weighted by Gasteiger charge is 2.22. The molecule has 0 spiro atoms. The second-order valence-corrected chi connectivity index (χ2v) is 7.59. The van der Waals surface area contributed by atoms with Crippen molar-refractivity contribution in [1.82, 2.24) is 5.32 Å². The average molecular weight is 341 g/mol.